The average molecular weight is 403 g/mol. The van der Waals surface area contributed by atoms with Crippen LogP contribution in [0.3, 0.4) is 0 Å². The first-order valence-electron chi connectivity index (χ1n) is 8.33. The normalized spacial score (nSPS) is 10.6. The van der Waals surface area contributed by atoms with E-state index < -0.39 is 0 Å². The molecule has 0 saturated heterocycles. The molecule has 0 fully saturated rings. The van der Waals surface area contributed by atoms with Crippen molar-refractivity contribution in [1.82, 2.24) is 14.8 Å². The van der Waals surface area contributed by atoms with Gasteiger partial charge in [0.25, 0.3) is 0 Å². The van der Waals surface area contributed by atoms with Gasteiger partial charge in [0.2, 0.25) is 5.91 Å². The standard InChI is InChI=1S/C19H19ClN4O2S/c1-12-3-6-14(11-16(12)20)21-17(25)9-10-24-18(22-23-19(24)27)13-4-7-15(26-2)8-5-13/h3-8,11H,9-10H2,1-2H3,(H,21,25)(H,23,27). The zero-order valence-electron chi connectivity index (χ0n) is 15.0. The van der Waals surface area contributed by atoms with Crippen molar-refractivity contribution in [2.45, 2.75) is 19.9 Å². The van der Waals surface area contributed by atoms with Gasteiger partial charge in [-0.3, -0.25) is 14.5 Å². The Labute approximate surface area is 167 Å². The lowest BCUT2D eigenvalue weighted by molar-refractivity contribution is -0.116. The van der Waals surface area contributed by atoms with Gasteiger partial charge in [-0.1, -0.05) is 17.7 Å². The number of nitrogens with zero attached hydrogens (tertiary/aromatic N) is 2. The van der Waals surface area contributed by atoms with Crippen molar-refractivity contribution in [2.75, 3.05) is 12.4 Å². The first-order valence-corrected chi connectivity index (χ1v) is 9.12. The Hall–Kier alpha value is -2.64. The van der Waals surface area contributed by atoms with E-state index in [1.807, 2.05) is 43.3 Å². The maximum Gasteiger partial charge on any atom is 0.226 e. The summed E-state index contributed by atoms with van der Waals surface area (Å²) in [5.74, 6) is 1.31. The van der Waals surface area contributed by atoms with Crippen LogP contribution in [0, 0.1) is 11.7 Å². The molecule has 27 heavy (non-hydrogen) atoms. The summed E-state index contributed by atoms with van der Waals surface area (Å²) in [7, 11) is 1.62. The number of halogens is 1. The van der Waals surface area contributed by atoms with Crippen LogP contribution in [0.1, 0.15) is 12.0 Å². The number of H-pyrrole nitrogens is 1. The lowest BCUT2D eigenvalue weighted by Crippen LogP contribution is -2.15. The molecule has 0 unspecified atom stereocenters. The Morgan fingerprint density at radius 3 is 2.70 bits per heavy atom. The van der Waals surface area contributed by atoms with Gasteiger partial charge in [-0.15, -0.1) is 0 Å². The van der Waals surface area contributed by atoms with Crippen LogP contribution < -0.4 is 10.1 Å². The molecule has 0 bridgehead atoms. The molecule has 0 aliphatic heterocycles. The lowest BCUT2D eigenvalue weighted by atomic mass is 10.2. The molecule has 3 rings (SSSR count). The first kappa shape index (κ1) is 19.1. The second-order valence-electron chi connectivity index (χ2n) is 5.99. The van der Waals surface area contributed by atoms with Gasteiger partial charge in [0.1, 0.15) is 5.75 Å². The zero-order chi connectivity index (χ0) is 19.4. The summed E-state index contributed by atoms with van der Waals surface area (Å²) in [6, 6.07) is 12.9. The number of hydrogen-bond donors (Lipinski definition) is 2. The molecule has 6 nitrogen and oxygen atoms in total. The third kappa shape index (κ3) is 4.56. The monoisotopic (exact) mass is 402 g/mol. The largest absolute Gasteiger partial charge is 0.497 e. The fraction of sp³-hybridized carbons (Fsp3) is 0.211. The minimum atomic E-state index is -0.126. The van der Waals surface area contributed by atoms with E-state index in [-0.39, 0.29) is 12.3 Å². The second kappa shape index (κ2) is 8.37. The number of anilines is 1. The second-order valence-corrected chi connectivity index (χ2v) is 6.79. The summed E-state index contributed by atoms with van der Waals surface area (Å²) < 4.78 is 7.44. The molecule has 0 atom stereocenters. The number of aromatic amines is 1. The molecule has 0 aliphatic carbocycles. The molecule has 0 radical (unpaired) electrons. The summed E-state index contributed by atoms with van der Waals surface area (Å²) in [6.45, 7) is 2.32. The number of hydrogen-bond acceptors (Lipinski definition) is 4. The summed E-state index contributed by atoms with van der Waals surface area (Å²) >= 11 is 11.4. The van der Waals surface area contributed by atoms with Crippen LogP contribution in [0.25, 0.3) is 11.4 Å². The van der Waals surface area contributed by atoms with E-state index in [4.69, 9.17) is 28.6 Å². The highest BCUT2D eigenvalue weighted by Crippen LogP contribution is 2.22. The number of aromatic nitrogens is 3. The predicted octanol–water partition coefficient (Wildman–Crippen LogP) is 4.61. The van der Waals surface area contributed by atoms with E-state index in [0.29, 0.717) is 27.9 Å². The van der Waals surface area contributed by atoms with E-state index in [9.17, 15) is 4.79 Å². The van der Waals surface area contributed by atoms with Crippen LogP contribution in [-0.4, -0.2) is 27.8 Å². The Bertz CT molecular complexity index is 1010. The van der Waals surface area contributed by atoms with Crippen molar-refractivity contribution in [3.63, 3.8) is 0 Å². The molecule has 1 amide bonds. The summed E-state index contributed by atoms with van der Waals surface area (Å²) in [6.07, 6.45) is 0.252. The maximum atomic E-state index is 12.3. The van der Waals surface area contributed by atoms with Gasteiger partial charge in [0, 0.05) is 29.2 Å². The Morgan fingerprint density at radius 1 is 1.30 bits per heavy atom. The number of amides is 1. The number of aryl methyl sites for hydroxylation is 1. The van der Waals surface area contributed by atoms with Gasteiger partial charge in [-0.05, 0) is 61.1 Å². The maximum absolute atomic E-state index is 12.3. The topological polar surface area (TPSA) is 71.9 Å². The number of methoxy groups -OCH3 is 1. The fourth-order valence-electron chi connectivity index (χ4n) is 2.59. The Balaban J connectivity index is 1.70. The van der Waals surface area contributed by atoms with Crippen LogP contribution >= 0.6 is 23.8 Å². The van der Waals surface area contributed by atoms with Crippen LogP contribution in [0.4, 0.5) is 5.69 Å². The van der Waals surface area contributed by atoms with E-state index >= 15 is 0 Å². The van der Waals surface area contributed by atoms with Gasteiger partial charge in [-0.2, -0.15) is 5.10 Å². The molecule has 0 saturated carbocycles. The molecule has 2 N–H and O–H groups in total. The number of carbonyl (C=O) groups is 1. The van der Waals surface area contributed by atoms with Gasteiger partial charge in [0.15, 0.2) is 10.6 Å². The molecule has 0 spiro atoms. The van der Waals surface area contributed by atoms with E-state index in [1.54, 1.807) is 17.7 Å². The number of carbonyl (C=O) groups excluding carboxylic acids is 1. The van der Waals surface area contributed by atoms with E-state index in [0.717, 1.165) is 16.9 Å². The Morgan fingerprint density at radius 2 is 2.04 bits per heavy atom. The van der Waals surface area contributed by atoms with Crippen LogP contribution in [0.5, 0.6) is 5.75 Å². The summed E-state index contributed by atoms with van der Waals surface area (Å²) in [4.78, 5) is 12.3. The number of ether oxygens (including phenoxy) is 1. The first-order chi connectivity index (χ1) is 13.0. The predicted molar refractivity (Wildman–Crippen MR) is 109 cm³/mol. The molecular formula is C19H19ClN4O2S. The molecule has 140 valence electrons. The van der Waals surface area contributed by atoms with Crippen LogP contribution in [0.2, 0.25) is 5.02 Å². The molecule has 1 heterocycles. The van der Waals surface area contributed by atoms with Crippen molar-refractivity contribution in [1.29, 1.82) is 0 Å². The fourth-order valence-corrected chi connectivity index (χ4v) is 3.00. The minimum Gasteiger partial charge on any atom is -0.497 e. The highest BCUT2D eigenvalue weighted by atomic mass is 35.5. The zero-order valence-corrected chi connectivity index (χ0v) is 16.5. The van der Waals surface area contributed by atoms with Gasteiger partial charge >= 0.3 is 0 Å². The number of nitrogens with one attached hydrogen (secondary N) is 2. The molecule has 3 aromatic rings. The Kier molecular flexibility index (Phi) is 5.93. The van der Waals surface area contributed by atoms with Crippen molar-refractivity contribution in [3.8, 4) is 17.1 Å². The number of benzene rings is 2. The SMILES string of the molecule is COc1ccc(-c2n[nH]c(=S)n2CCC(=O)Nc2ccc(C)c(Cl)c2)cc1. The quantitative estimate of drug-likeness (QED) is 0.591. The highest BCUT2D eigenvalue weighted by Gasteiger charge is 2.11. The third-order valence-corrected chi connectivity index (χ3v) is 4.84. The number of rotatable bonds is 6. The van der Waals surface area contributed by atoms with Gasteiger partial charge < -0.3 is 10.1 Å². The van der Waals surface area contributed by atoms with E-state index in [2.05, 4.69) is 15.5 Å². The van der Waals surface area contributed by atoms with Crippen molar-refractivity contribution in [2.24, 2.45) is 0 Å². The van der Waals surface area contributed by atoms with Gasteiger partial charge in [0.05, 0.1) is 7.11 Å². The van der Waals surface area contributed by atoms with Crippen LogP contribution in [-0.2, 0) is 11.3 Å². The summed E-state index contributed by atoms with van der Waals surface area (Å²) in [5.41, 5.74) is 2.51. The highest BCUT2D eigenvalue weighted by molar-refractivity contribution is 7.71. The molecule has 0 aliphatic rings. The lowest BCUT2D eigenvalue weighted by Gasteiger charge is -2.09. The molecule has 2 aromatic carbocycles. The minimum absolute atomic E-state index is 0.126. The van der Waals surface area contributed by atoms with Crippen LogP contribution in [0.15, 0.2) is 42.5 Å². The van der Waals surface area contributed by atoms with Crippen molar-refractivity contribution in [3.05, 3.63) is 57.8 Å². The molecule has 1 aromatic heterocycles. The van der Waals surface area contributed by atoms with Crippen molar-refractivity contribution >= 4 is 35.4 Å². The molecular weight excluding hydrogens is 384 g/mol. The van der Waals surface area contributed by atoms with Gasteiger partial charge in [-0.25, -0.2) is 0 Å². The average Bonchev–Trinajstić information content (AvgIpc) is 3.03. The smallest absolute Gasteiger partial charge is 0.226 e. The molecule has 8 heteroatoms. The van der Waals surface area contributed by atoms with E-state index in [1.165, 1.54) is 0 Å². The summed E-state index contributed by atoms with van der Waals surface area (Å²) in [5, 5.41) is 10.5. The third-order valence-electron chi connectivity index (χ3n) is 4.12. The van der Waals surface area contributed by atoms with Crippen molar-refractivity contribution < 1.29 is 9.53 Å².